The van der Waals surface area contributed by atoms with Crippen molar-refractivity contribution in [1.82, 2.24) is 5.32 Å². The molecule has 0 bridgehead atoms. The van der Waals surface area contributed by atoms with E-state index >= 15 is 0 Å². The van der Waals surface area contributed by atoms with Gasteiger partial charge in [-0.2, -0.15) is 0 Å². The molecular weight excluding hydrogens is 618 g/mol. The number of benzene rings is 5. The molecule has 1 N–H and O–H groups in total. The summed E-state index contributed by atoms with van der Waals surface area (Å²) < 4.78 is 18.2. The van der Waals surface area contributed by atoms with Crippen molar-refractivity contribution in [3.63, 3.8) is 0 Å². The molecule has 0 amide bonds. The normalized spacial score (nSPS) is 12.3. The first-order valence-corrected chi connectivity index (χ1v) is 18.1. The van der Waals surface area contributed by atoms with Gasteiger partial charge >= 0.3 is 0 Å². The van der Waals surface area contributed by atoms with Crippen LogP contribution in [0.3, 0.4) is 0 Å². The Labute approximate surface area is 298 Å². The molecule has 5 aromatic carbocycles. The molecule has 5 rings (SSSR count). The fraction of sp³-hybridized carbons (Fsp3) is 0.311. The number of rotatable bonds is 22. The van der Waals surface area contributed by atoms with E-state index in [9.17, 15) is 4.79 Å². The number of hydrogen-bond acceptors (Lipinski definition) is 5. The lowest BCUT2D eigenvalue weighted by Gasteiger charge is -2.24. The number of carbonyl (C=O) groups excluding carboxylic acids is 1. The first kappa shape index (κ1) is 36.6. The van der Waals surface area contributed by atoms with Crippen molar-refractivity contribution in [2.75, 3.05) is 13.2 Å². The third-order valence-electron chi connectivity index (χ3n) is 8.84. The fourth-order valence-corrected chi connectivity index (χ4v) is 6.05. The molecule has 2 atom stereocenters. The minimum atomic E-state index is -0.407. The predicted octanol–water partition coefficient (Wildman–Crippen LogP) is 10.3. The molecule has 5 heteroatoms. The van der Waals surface area contributed by atoms with E-state index in [1.54, 1.807) is 0 Å². The zero-order chi connectivity index (χ0) is 34.6. The summed E-state index contributed by atoms with van der Waals surface area (Å²) >= 11 is 0. The minimum absolute atomic E-state index is 0.00469. The van der Waals surface area contributed by atoms with Crippen LogP contribution in [0.2, 0.25) is 0 Å². The molecule has 0 aliphatic heterocycles. The van der Waals surface area contributed by atoms with Crippen LogP contribution >= 0.6 is 0 Å². The number of Topliss-reactive ketones (excluding diaryl/α,β-unsaturated/α-hetero) is 1. The van der Waals surface area contributed by atoms with Crippen LogP contribution in [0, 0.1) is 0 Å². The summed E-state index contributed by atoms with van der Waals surface area (Å²) in [6, 6.07) is 46.3. The van der Waals surface area contributed by atoms with Crippen molar-refractivity contribution in [2.45, 2.75) is 77.2 Å². The van der Waals surface area contributed by atoms with Gasteiger partial charge in [-0.25, -0.2) is 0 Å². The summed E-state index contributed by atoms with van der Waals surface area (Å²) in [5.74, 6) is 1.22. The molecule has 0 heterocycles. The Bertz CT molecular complexity index is 1600. The molecule has 0 radical (unpaired) electrons. The number of ketones is 1. The Balaban J connectivity index is 1.14. The largest absolute Gasteiger partial charge is 0.489 e. The molecule has 5 nitrogen and oxygen atoms in total. The highest BCUT2D eigenvalue weighted by atomic mass is 16.5. The zero-order valence-electron chi connectivity index (χ0n) is 29.3. The zero-order valence-corrected chi connectivity index (χ0v) is 29.3. The van der Waals surface area contributed by atoms with E-state index in [0.717, 1.165) is 69.3 Å². The van der Waals surface area contributed by atoms with Crippen LogP contribution < -0.4 is 14.8 Å². The van der Waals surface area contributed by atoms with Crippen LogP contribution in [0.25, 0.3) is 0 Å². The summed E-state index contributed by atoms with van der Waals surface area (Å²) in [4.78, 5) is 14.0. The topological polar surface area (TPSA) is 56.8 Å². The van der Waals surface area contributed by atoms with E-state index in [2.05, 4.69) is 59.9 Å². The second-order valence-electron chi connectivity index (χ2n) is 12.9. The first-order valence-electron chi connectivity index (χ1n) is 18.1. The van der Waals surface area contributed by atoms with E-state index in [1.165, 1.54) is 11.1 Å². The third kappa shape index (κ3) is 12.6. The number of nitrogens with one attached hydrogen (secondary N) is 1. The van der Waals surface area contributed by atoms with Crippen LogP contribution in [0.4, 0.5) is 0 Å². The van der Waals surface area contributed by atoms with Crippen LogP contribution in [0.15, 0.2) is 140 Å². The lowest BCUT2D eigenvalue weighted by atomic mass is 9.97. The monoisotopic (exact) mass is 669 g/mol. The maximum atomic E-state index is 14.0. The maximum absolute atomic E-state index is 14.0. The SMILES string of the molecule is CC(NC(CCCCCCOCCCc1ccccc1)c1ccccc1)C(=O)c1cc(OCc2ccccc2)cc(OCc2ccccc2)c1. The van der Waals surface area contributed by atoms with Crippen LogP contribution in [0.1, 0.15) is 84.1 Å². The van der Waals surface area contributed by atoms with Gasteiger partial charge in [-0.3, -0.25) is 4.79 Å². The van der Waals surface area contributed by atoms with Gasteiger partial charge in [0, 0.05) is 30.9 Å². The number of ether oxygens (including phenoxy) is 3. The van der Waals surface area contributed by atoms with Gasteiger partial charge in [0.05, 0.1) is 6.04 Å². The van der Waals surface area contributed by atoms with Gasteiger partial charge in [-0.1, -0.05) is 141 Å². The van der Waals surface area contributed by atoms with Crippen molar-refractivity contribution in [1.29, 1.82) is 0 Å². The van der Waals surface area contributed by atoms with E-state index in [0.29, 0.717) is 30.3 Å². The molecular formula is C45H51NO4. The van der Waals surface area contributed by atoms with Crippen molar-refractivity contribution in [3.05, 3.63) is 167 Å². The second kappa shape index (κ2) is 20.7. The summed E-state index contributed by atoms with van der Waals surface area (Å²) in [5.41, 5.74) is 5.24. The molecule has 5 aromatic rings. The smallest absolute Gasteiger partial charge is 0.179 e. The summed E-state index contributed by atoms with van der Waals surface area (Å²) in [7, 11) is 0. The Kier molecular flexibility index (Phi) is 15.2. The Hall–Kier alpha value is -4.71. The third-order valence-corrected chi connectivity index (χ3v) is 8.84. The second-order valence-corrected chi connectivity index (χ2v) is 12.9. The molecule has 260 valence electrons. The predicted molar refractivity (Wildman–Crippen MR) is 203 cm³/mol. The molecule has 0 spiro atoms. The van der Waals surface area contributed by atoms with E-state index in [1.807, 2.05) is 91.9 Å². The van der Waals surface area contributed by atoms with Crippen molar-refractivity contribution < 1.29 is 19.0 Å². The van der Waals surface area contributed by atoms with Gasteiger partial charge in [0.2, 0.25) is 0 Å². The van der Waals surface area contributed by atoms with Gasteiger partial charge in [-0.05, 0) is 67.0 Å². The molecule has 0 fully saturated rings. The number of hydrogen-bond donors (Lipinski definition) is 1. The Morgan fingerprint density at radius 3 is 1.66 bits per heavy atom. The number of unbranched alkanes of at least 4 members (excludes halogenated alkanes) is 3. The minimum Gasteiger partial charge on any atom is -0.489 e. The van der Waals surface area contributed by atoms with E-state index in [4.69, 9.17) is 14.2 Å². The summed E-state index contributed by atoms with van der Waals surface area (Å²) in [6.07, 6.45) is 7.47. The highest BCUT2D eigenvalue weighted by molar-refractivity contribution is 6.00. The highest BCUT2D eigenvalue weighted by Crippen LogP contribution is 2.27. The first-order chi connectivity index (χ1) is 24.6. The van der Waals surface area contributed by atoms with Crippen LogP contribution in [-0.2, 0) is 24.4 Å². The maximum Gasteiger partial charge on any atom is 0.179 e. The number of aryl methyl sites for hydroxylation is 1. The van der Waals surface area contributed by atoms with Crippen molar-refractivity contribution >= 4 is 5.78 Å². The molecule has 50 heavy (non-hydrogen) atoms. The number of carbonyl (C=O) groups is 1. The van der Waals surface area contributed by atoms with Gasteiger partial charge in [0.1, 0.15) is 24.7 Å². The average molecular weight is 670 g/mol. The molecule has 0 aromatic heterocycles. The molecule has 0 saturated carbocycles. The molecule has 0 aliphatic rings. The molecule has 2 unspecified atom stereocenters. The summed E-state index contributed by atoms with van der Waals surface area (Å²) in [5, 5.41) is 3.67. The Morgan fingerprint density at radius 1 is 0.580 bits per heavy atom. The Morgan fingerprint density at radius 2 is 1.08 bits per heavy atom. The van der Waals surface area contributed by atoms with Gasteiger partial charge in [0.25, 0.3) is 0 Å². The highest BCUT2D eigenvalue weighted by Gasteiger charge is 2.22. The standard InChI is InChI=1S/C45H51NO4/c1-36(46-44(40-26-14-7-15-27-40)28-16-2-3-17-29-48-30-18-25-37-19-8-4-9-20-37)45(47)41-31-42(49-34-38-21-10-5-11-22-38)33-43(32-41)50-35-39-23-12-6-13-24-39/h4-15,19-24,26-27,31-33,36,44,46H,2-3,16-18,25,28-30,34-35H2,1H3. The fourth-order valence-electron chi connectivity index (χ4n) is 6.05. The van der Waals surface area contributed by atoms with Gasteiger partial charge in [0.15, 0.2) is 5.78 Å². The quantitative estimate of drug-likeness (QED) is 0.0587. The average Bonchev–Trinajstić information content (AvgIpc) is 3.17. The van der Waals surface area contributed by atoms with Crippen molar-refractivity contribution in [2.24, 2.45) is 0 Å². The lowest BCUT2D eigenvalue weighted by Crippen LogP contribution is -2.37. The summed E-state index contributed by atoms with van der Waals surface area (Å²) in [6.45, 7) is 4.38. The van der Waals surface area contributed by atoms with Crippen molar-refractivity contribution in [3.8, 4) is 11.5 Å². The van der Waals surface area contributed by atoms with E-state index < -0.39 is 6.04 Å². The van der Waals surface area contributed by atoms with E-state index in [-0.39, 0.29) is 11.8 Å². The lowest BCUT2D eigenvalue weighted by molar-refractivity contribution is 0.0942. The molecule has 0 saturated heterocycles. The molecule has 0 aliphatic carbocycles. The van der Waals surface area contributed by atoms with Gasteiger partial charge < -0.3 is 19.5 Å². The van der Waals surface area contributed by atoms with Crippen LogP contribution in [-0.4, -0.2) is 25.0 Å². The van der Waals surface area contributed by atoms with Crippen LogP contribution in [0.5, 0.6) is 11.5 Å². The van der Waals surface area contributed by atoms with Gasteiger partial charge in [-0.15, -0.1) is 0 Å².